The number of carbonyl (C=O) groups excluding carboxylic acids is 2. The lowest BCUT2D eigenvalue weighted by atomic mass is 10.1. The van der Waals surface area contributed by atoms with Crippen LogP contribution in [0.25, 0.3) is 0 Å². The van der Waals surface area contributed by atoms with Gasteiger partial charge >= 0.3 is 0 Å². The summed E-state index contributed by atoms with van der Waals surface area (Å²) in [6.07, 6.45) is 1.96. The van der Waals surface area contributed by atoms with Gasteiger partial charge in [0.2, 0.25) is 11.8 Å². The van der Waals surface area contributed by atoms with Gasteiger partial charge in [0.15, 0.2) is 0 Å². The van der Waals surface area contributed by atoms with Gasteiger partial charge in [0.25, 0.3) is 0 Å². The Labute approximate surface area is 131 Å². The van der Waals surface area contributed by atoms with Crippen LogP contribution in [0.15, 0.2) is 24.3 Å². The predicted octanol–water partition coefficient (Wildman–Crippen LogP) is 2.07. The summed E-state index contributed by atoms with van der Waals surface area (Å²) >= 11 is 0. The van der Waals surface area contributed by atoms with E-state index in [-0.39, 0.29) is 17.7 Å². The van der Waals surface area contributed by atoms with Crippen LogP contribution >= 0.6 is 0 Å². The lowest BCUT2D eigenvalue weighted by Crippen LogP contribution is -2.29. The van der Waals surface area contributed by atoms with Crippen molar-refractivity contribution in [1.29, 1.82) is 0 Å². The Kier molecular flexibility index (Phi) is 5.95. The van der Waals surface area contributed by atoms with Crippen LogP contribution in [0.4, 0.5) is 5.69 Å². The van der Waals surface area contributed by atoms with Crippen molar-refractivity contribution in [2.75, 3.05) is 32.1 Å². The summed E-state index contributed by atoms with van der Waals surface area (Å²) in [5.41, 5.74) is 1.96. The SMILES string of the molecule is CCc1ccccc1NC(=O)C1CC(=O)N(CCCOC)C1. The molecule has 2 rings (SSSR count). The number of anilines is 1. The quantitative estimate of drug-likeness (QED) is 0.785. The van der Waals surface area contributed by atoms with Crippen molar-refractivity contribution in [3.63, 3.8) is 0 Å². The van der Waals surface area contributed by atoms with Gasteiger partial charge in [0.05, 0.1) is 5.92 Å². The van der Waals surface area contributed by atoms with Crippen LogP contribution in [0.3, 0.4) is 0 Å². The summed E-state index contributed by atoms with van der Waals surface area (Å²) in [6.45, 7) is 3.84. The number of hydrogen-bond donors (Lipinski definition) is 1. The Hall–Kier alpha value is -1.88. The lowest BCUT2D eigenvalue weighted by Gasteiger charge is -2.16. The normalized spacial score (nSPS) is 17.8. The highest BCUT2D eigenvalue weighted by Gasteiger charge is 2.34. The molecule has 1 aliphatic heterocycles. The fraction of sp³-hybridized carbons (Fsp3) is 0.529. The van der Waals surface area contributed by atoms with Crippen LogP contribution in [-0.4, -0.2) is 43.5 Å². The number of para-hydroxylation sites is 1. The second kappa shape index (κ2) is 7.94. The van der Waals surface area contributed by atoms with E-state index in [1.54, 1.807) is 12.0 Å². The molecule has 5 nitrogen and oxygen atoms in total. The van der Waals surface area contributed by atoms with Crippen LogP contribution in [0, 0.1) is 5.92 Å². The minimum atomic E-state index is -0.264. The van der Waals surface area contributed by atoms with E-state index in [9.17, 15) is 9.59 Å². The third-order valence-corrected chi connectivity index (χ3v) is 4.02. The third kappa shape index (κ3) is 4.07. The molecule has 0 radical (unpaired) electrons. The van der Waals surface area contributed by atoms with Gasteiger partial charge < -0.3 is 15.0 Å². The van der Waals surface area contributed by atoms with Gasteiger partial charge in [-0.25, -0.2) is 0 Å². The monoisotopic (exact) mass is 304 g/mol. The van der Waals surface area contributed by atoms with E-state index in [0.29, 0.717) is 26.1 Å². The molecule has 1 aliphatic rings. The number of nitrogens with zero attached hydrogens (tertiary/aromatic N) is 1. The molecule has 1 unspecified atom stereocenters. The van der Waals surface area contributed by atoms with Gasteiger partial charge in [-0.05, 0) is 24.5 Å². The van der Waals surface area contributed by atoms with Crippen molar-refractivity contribution in [2.24, 2.45) is 5.92 Å². The van der Waals surface area contributed by atoms with Gasteiger partial charge in [-0.2, -0.15) is 0 Å². The number of likely N-dealkylation sites (tertiary alicyclic amines) is 1. The van der Waals surface area contributed by atoms with Gasteiger partial charge in [-0.1, -0.05) is 25.1 Å². The van der Waals surface area contributed by atoms with Crippen molar-refractivity contribution < 1.29 is 14.3 Å². The summed E-state index contributed by atoms with van der Waals surface area (Å²) in [4.78, 5) is 26.1. The number of ether oxygens (including phenoxy) is 1. The maximum Gasteiger partial charge on any atom is 0.229 e. The first kappa shape index (κ1) is 16.5. The molecule has 5 heteroatoms. The van der Waals surface area contributed by atoms with Gasteiger partial charge in [0, 0.05) is 38.9 Å². The zero-order chi connectivity index (χ0) is 15.9. The van der Waals surface area contributed by atoms with Crippen molar-refractivity contribution in [3.8, 4) is 0 Å². The maximum absolute atomic E-state index is 12.4. The van der Waals surface area contributed by atoms with E-state index in [4.69, 9.17) is 4.74 Å². The number of rotatable bonds is 7. The first-order valence-electron chi connectivity index (χ1n) is 7.81. The number of nitrogens with one attached hydrogen (secondary N) is 1. The van der Waals surface area contributed by atoms with E-state index in [1.807, 2.05) is 24.3 Å². The average Bonchev–Trinajstić information content (AvgIpc) is 2.89. The van der Waals surface area contributed by atoms with E-state index in [1.165, 1.54) is 0 Å². The zero-order valence-electron chi connectivity index (χ0n) is 13.3. The molecule has 1 atom stereocenters. The largest absolute Gasteiger partial charge is 0.385 e. The Morgan fingerprint density at radius 1 is 1.41 bits per heavy atom. The summed E-state index contributed by atoms with van der Waals surface area (Å²) in [6, 6.07) is 7.78. The molecular weight excluding hydrogens is 280 g/mol. The number of amides is 2. The Morgan fingerprint density at radius 3 is 2.91 bits per heavy atom. The zero-order valence-corrected chi connectivity index (χ0v) is 13.3. The summed E-state index contributed by atoms with van der Waals surface area (Å²) in [7, 11) is 1.65. The smallest absolute Gasteiger partial charge is 0.229 e. The average molecular weight is 304 g/mol. The molecule has 22 heavy (non-hydrogen) atoms. The van der Waals surface area contributed by atoms with E-state index in [0.717, 1.165) is 24.1 Å². The minimum absolute atomic E-state index is 0.0556. The molecule has 0 bridgehead atoms. The van der Waals surface area contributed by atoms with Crippen LogP contribution in [-0.2, 0) is 20.7 Å². The number of methoxy groups -OCH3 is 1. The molecule has 1 aromatic carbocycles. The molecule has 0 spiro atoms. The summed E-state index contributed by atoms with van der Waals surface area (Å²) < 4.78 is 5.00. The Bertz CT molecular complexity index is 530. The van der Waals surface area contributed by atoms with E-state index >= 15 is 0 Å². The second-order valence-electron chi connectivity index (χ2n) is 5.59. The van der Waals surface area contributed by atoms with Crippen molar-refractivity contribution in [3.05, 3.63) is 29.8 Å². The molecule has 120 valence electrons. The maximum atomic E-state index is 12.4. The number of carbonyl (C=O) groups is 2. The van der Waals surface area contributed by atoms with Crippen LogP contribution in [0.5, 0.6) is 0 Å². The van der Waals surface area contributed by atoms with E-state index < -0.39 is 0 Å². The fourth-order valence-corrected chi connectivity index (χ4v) is 2.75. The van der Waals surface area contributed by atoms with E-state index in [2.05, 4.69) is 12.2 Å². The first-order chi connectivity index (χ1) is 10.7. The molecule has 1 heterocycles. The highest BCUT2D eigenvalue weighted by Crippen LogP contribution is 2.22. The fourth-order valence-electron chi connectivity index (χ4n) is 2.75. The standard InChI is InChI=1S/C17H24N2O3/c1-3-13-7-4-5-8-15(13)18-17(21)14-11-16(20)19(12-14)9-6-10-22-2/h4-5,7-8,14H,3,6,9-12H2,1-2H3,(H,18,21). The van der Waals surface area contributed by atoms with Gasteiger partial charge in [-0.3, -0.25) is 9.59 Å². The number of benzene rings is 1. The predicted molar refractivity (Wildman–Crippen MR) is 85.6 cm³/mol. The van der Waals surface area contributed by atoms with Crippen LogP contribution in [0.1, 0.15) is 25.3 Å². The first-order valence-corrected chi connectivity index (χ1v) is 7.81. The second-order valence-corrected chi connectivity index (χ2v) is 5.59. The number of hydrogen-bond acceptors (Lipinski definition) is 3. The molecular formula is C17H24N2O3. The molecule has 1 fully saturated rings. The van der Waals surface area contributed by atoms with Gasteiger partial charge in [0.1, 0.15) is 0 Å². The third-order valence-electron chi connectivity index (χ3n) is 4.02. The van der Waals surface area contributed by atoms with Crippen LogP contribution in [0.2, 0.25) is 0 Å². The highest BCUT2D eigenvalue weighted by molar-refractivity contribution is 5.97. The molecule has 1 N–H and O–H groups in total. The molecule has 1 saturated heterocycles. The van der Waals surface area contributed by atoms with Crippen molar-refractivity contribution >= 4 is 17.5 Å². The molecule has 2 amide bonds. The molecule has 0 aromatic heterocycles. The summed E-state index contributed by atoms with van der Waals surface area (Å²) in [5, 5.41) is 2.97. The minimum Gasteiger partial charge on any atom is -0.385 e. The Balaban J connectivity index is 1.92. The topological polar surface area (TPSA) is 58.6 Å². The van der Waals surface area contributed by atoms with Gasteiger partial charge in [-0.15, -0.1) is 0 Å². The summed E-state index contributed by atoms with van der Waals surface area (Å²) in [5.74, 6) is -0.275. The van der Waals surface area contributed by atoms with Crippen molar-refractivity contribution in [1.82, 2.24) is 4.90 Å². The van der Waals surface area contributed by atoms with Crippen LogP contribution < -0.4 is 5.32 Å². The molecule has 1 aromatic rings. The Morgan fingerprint density at radius 2 is 2.18 bits per heavy atom. The van der Waals surface area contributed by atoms with Crippen molar-refractivity contribution in [2.45, 2.75) is 26.2 Å². The number of aryl methyl sites for hydroxylation is 1. The molecule has 0 saturated carbocycles. The highest BCUT2D eigenvalue weighted by atomic mass is 16.5. The molecule has 0 aliphatic carbocycles. The lowest BCUT2D eigenvalue weighted by molar-refractivity contribution is -0.128.